The first-order chi connectivity index (χ1) is 8.00. The molecule has 2 aromatic rings. The van der Waals surface area contributed by atoms with Gasteiger partial charge in [0.1, 0.15) is 0 Å². The molecule has 0 atom stereocenters. The Hall–Kier alpha value is -0.740. The lowest BCUT2D eigenvalue weighted by Gasteiger charge is -2.06. The molecule has 0 N–H and O–H groups in total. The van der Waals surface area contributed by atoms with Crippen molar-refractivity contribution in [2.24, 2.45) is 0 Å². The predicted molar refractivity (Wildman–Crippen MR) is 68.2 cm³/mol. The van der Waals surface area contributed by atoms with E-state index in [0.29, 0.717) is 15.6 Å². The monoisotopic (exact) mass is 309 g/mol. The Labute approximate surface area is 116 Å². The minimum Gasteiger partial charge on any atom is -0.417 e. The number of rotatable bonds is 1. The zero-order valence-electron chi connectivity index (χ0n) is 8.01. The molecule has 0 fully saturated rings. The van der Waals surface area contributed by atoms with E-state index in [-0.39, 0.29) is 16.1 Å². The van der Waals surface area contributed by atoms with Crippen LogP contribution >= 0.6 is 46.4 Å². The van der Waals surface area contributed by atoms with Crippen molar-refractivity contribution in [3.8, 4) is 11.3 Å². The Morgan fingerprint density at radius 1 is 1.00 bits per heavy atom. The maximum Gasteiger partial charge on any atom is 0.374 e. The maximum atomic E-state index is 11.3. The third kappa shape index (κ3) is 2.43. The summed E-state index contributed by atoms with van der Waals surface area (Å²) < 4.78 is 4.94. The minimum atomic E-state index is -0.804. The molecular formula is C10H3Cl4NO2. The van der Waals surface area contributed by atoms with E-state index in [9.17, 15) is 4.79 Å². The molecule has 7 heteroatoms. The zero-order chi connectivity index (χ0) is 12.6. The highest BCUT2D eigenvalue weighted by Crippen LogP contribution is 2.37. The van der Waals surface area contributed by atoms with Crippen molar-refractivity contribution in [1.82, 2.24) is 4.98 Å². The number of nitrogens with zero attached hydrogens (tertiary/aromatic N) is 1. The number of hydrogen-bond acceptors (Lipinski definition) is 3. The van der Waals surface area contributed by atoms with Crippen LogP contribution < -0.4 is 5.63 Å². The Morgan fingerprint density at radius 2 is 1.59 bits per heavy atom. The van der Waals surface area contributed by atoms with Gasteiger partial charge >= 0.3 is 5.63 Å². The standard InChI is InChI=1S/C10H3Cl4NO2/c11-4-2-1-3-5(12)6(4)7-8(13)15-9(14)10(16)17-7/h1-3H. The zero-order valence-corrected chi connectivity index (χ0v) is 11.0. The number of aromatic nitrogens is 1. The van der Waals surface area contributed by atoms with Crippen LogP contribution in [0.15, 0.2) is 27.4 Å². The minimum absolute atomic E-state index is 0.00309. The normalized spacial score (nSPS) is 10.6. The molecule has 0 saturated heterocycles. The van der Waals surface area contributed by atoms with Crippen molar-refractivity contribution in [1.29, 1.82) is 0 Å². The van der Waals surface area contributed by atoms with Gasteiger partial charge in [0.05, 0.1) is 15.6 Å². The van der Waals surface area contributed by atoms with Crippen LogP contribution in [0.4, 0.5) is 0 Å². The lowest BCUT2D eigenvalue weighted by atomic mass is 10.2. The summed E-state index contributed by atoms with van der Waals surface area (Å²) >= 11 is 23.2. The highest BCUT2D eigenvalue weighted by Gasteiger charge is 2.17. The molecule has 0 spiro atoms. The number of benzene rings is 1. The molecule has 0 amide bonds. The van der Waals surface area contributed by atoms with Gasteiger partial charge in [-0.2, -0.15) is 0 Å². The second-order valence-corrected chi connectivity index (χ2v) is 4.54. The van der Waals surface area contributed by atoms with Crippen LogP contribution in [0.2, 0.25) is 20.4 Å². The van der Waals surface area contributed by atoms with Gasteiger partial charge < -0.3 is 4.42 Å². The molecule has 0 radical (unpaired) electrons. The lowest BCUT2D eigenvalue weighted by Crippen LogP contribution is -2.03. The first-order valence-corrected chi connectivity index (χ1v) is 5.82. The summed E-state index contributed by atoms with van der Waals surface area (Å²) in [5.74, 6) is -0.00309. The topological polar surface area (TPSA) is 43.1 Å². The number of halogens is 4. The second-order valence-electron chi connectivity index (χ2n) is 3.01. The van der Waals surface area contributed by atoms with Crippen LogP contribution in [0.3, 0.4) is 0 Å². The van der Waals surface area contributed by atoms with Gasteiger partial charge in [0, 0.05) is 0 Å². The Morgan fingerprint density at radius 3 is 2.18 bits per heavy atom. The van der Waals surface area contributed by atoms with Gasteiger partial charge in [0.2, 0.25) is 5.15 Å². The van der Waals surface area contributed by atoms with Crippen LogP contribution in [0, 0.1) is 0 Å². The van der Waals surface area contributed by atoms with Crippen LogP contribution in [-0.2, 0) is 0 Å². The third-order valence-electron chi connectivity index (χ3n) is 1.94. The Kier molecular flexibility index (Phi) is 3.64. The maximum absolute atomic E-state index is 11.3. The summed E-state index contributed by atoms with van der Waals surface area (Å²) in [7, 11) is 0. The largest absolute Gasteiger partial charge is 0.417 e. The molecule has 2 rings (SSSR count). The fraction of sp³-hybridized carbons (Fsp3) is 0. The highest BCUT2D eigenvalue weighted by molar-refractivity contribution is 6.40. The smallest absolute Gasteiger partial charge is 0.374 e. The fourth-order valence-corrected chi connectivity index (χ4v) is 2.18. The quantitative estimate of drug-likeness (QED) is 0.788. The summed E-state index contributed by atoms with van der Waals surface area (Å²) in [5, 5.41) is 0.171. The van der Waals surface area contributed by atoms with E-state index in [1.54, 1.807) is 18.2 Å². The summed E-state index contributed by atoms with van der Waals surface area (Å²) in [6.07, 6.45) is 0. The molecule has 0 saturated carbocycles. The molecule has 1 aromatic heterocycles. The second kappa shape index (κ2) is 4.86. The molecule has 0 unspecified atom stereocenters. The van der Waals surface area contributed by atoms with Crippen molar-refractivity contribution >= 4 is 46.4 Å². The molecule has 0 bridgehead atoms. The van der Waals surface area contributed by atoms with Gasteiger partial charge in [-0.25, -0.2) is 9.78 Å². The first-order valence-electron chi connectivity index (χ1n) is 4.31. The molecule has 1 heterocycles. The Bertz CT molecular complexity index is 618. The van der Waals surface area contributed by atoms with Crippen molar-refractivity contribution in [2.75, 3.05) is 0 Å². The lowest BCUT2D eigenvalue weighted by molar-refractivity contribution is 0.518. The summed E-state index contributed by atoms with van der Waals surface area (Å²) in [6.45, 7) is 0. The van der Waals surface area contributed by atoms with E-state index >= 15 is 0 Å². The molecule has 3 nitrogen and oxygen atoms in total. The predicted octanol–water partition coefficient (Wildman–Crippen LogP) is 4.32. The average Bonchev–Trinajstić information content (AvgIpc) is 2.25. The van der Waals surface area contributed by atoms with E-state index in [4.69, 9.17) is 50.8 Å². The van der Waals surface area contributed by atoms with Gasteiger partial charge in [0.15, 0.2) is 10.9 Å². The van der Waals surface area contributed by atoms with Gasteiger partial charge in [-0.05, 0) is 12.1 Å². The average molecular weight is 311 g/mol. The van der Waals surface area contributed by atoms with Gasteiger partial charge in [-0.1, -0.05) is 52.5 Å². The SMILES string of the molecule is O=c1oc(-c2c(Cl)cccc2Cl)c(Cl)nc1Cl. The molecule has 17 heavy (non-hydrogen) atoms. The van der Waals surface area contributed by atoms with Gasteiger partial charge in [-0.3, -0.25) is 0 Å². The van der Waals surface area contributed by atoms with Crippen LogP contribution in [0.5, 0.6) is 0 Å². The van der Waals surface area contributed by atoms with Crippen LogP contribution in [0.25, 0.3) is 11.3 Å². The van der Waals surface area contributed by atoms with Crippen molar-refractivity contribution in [2.45, 2.75) is 0 Å². The third-order valence-corrected chi connectivity index (χ3v) is 3.06. The summed E-state index contributed by atoms with van der Waals surface area (Å²) in [5.41, 5.74) is -0.496. The fourth-order valence-electron chi connectivity index (χ4n) is 1.23. The molecule has 1 aromatic carbocycles. The number of hydrogen-bond donors (Lipinski definition) is 0. The van der Waals surface area contributed by atoms with E-state index in [0.717, 1.165) is 0 Å². The van der Waals surface area contributed by atoms with Gasteiger partial charge in [0.25, 0.3) is 0 Å². The molecule has 0 aliphatic rings. The van der Waals surface area contributed by atoms with E-state index in [1.165, 1.54) is 0 Å². The highest BCUT2D eigenvalue weighted by atomic mass is 35.5. The van der Waals surface area contributed by atoms with Crippen LogP contribution in [0.1, 0.15) is 0 Å². The van der Waals surface area contributed by atoms with E-state index in [2.05, 4.69) is 4.98 Å². The summed E-state index contributed by atoms with van der Waals surface area (Å²) in [4.78, 5) is 14.9. The van der Waals surface area contributed by atoms with E-state index < -0.39 is 5.63 Å². The van der Waals surface area contributed by atoms with Crippen molar-refractivity contribution in [3.63, 3.8) is 0 Å². The first kappa shape index (κ1) is 12.7. The Balaban J connectivity index is 2.77. The molecule has 0 aliphatic heterocycles. The molecule has 0 aliphatic carbocycles. The summed E-state index contributed by atoms with van der Waals surface area (Å²) in [6, 6.07) is 4.84. The molecular weight excluding hydrogens is 308 g/mol. The van der Waals surface area contributed by atoms with Crippen molar-refractivity contribution < 1.29 is 4.42 Å². The van der Waals surface area contributed by atoms with Crippen molar-refractivity contribution in [3.05, 3.63) is 49.0 Å². The van der Waals surface area contributed by atoms with Crippen LogP contribution in [-0.4, -0.2) is 4.98 Å². The molecule has 88 valence electrons. The van der Waals surface area contributed by atoms with E-state index in [1.807, 2.05) is 0 Å². The van der Waals surface area contributed by atoms with Gasteiger partial charge in [-0.15, -0.1) is 0 Å².